The normalized spacial score (nSPS) is 13.5. The predicted molar refractivity (Wildman–Crippen MR) is 161 cm³/mol. The molecule has 0 saturated carbocycles. The third-order valence-electron chi connectivity index (χ3n) is 7.62. The minimum Gasteiger partial charge on any atom is -0.493 e. The van der Waals surface area contributed by atoms with E-state index in [4.69, 9.17) is 0 Å². The molecule has 0 amide bonds. The van der Waals surface area contributed by atoms with Gasteiger partial charge in [-0.05, 0) is 105 Å². The van der Waals surface area contributed by atoms with E-state index in [1.807, 2.05) is 0 Å². The lowest BCUT2D eigenvalue weighted by atomic mass is 9.96. The smallest absolute Gasteiger partial charge is 0.210 e. The van der Waals surface area contributed by atoms with Crippen LogP contribution in [0, 0.1) is 0 Å². The number of unbranched alkanes of at least 4 members (excludes halogenated alkanes) is 6. The summed E-state index contributed by atoms with van der Waals surface area (Å²) < 4.78 is 1.47. The highest BCUT2D eigenvalue weighted by molar-refractivity contribution is 5.78. The summed E-state index contributed by atoms with van der Waals surface area (Å²) in [6, 6.07) is 14.0. The molecule has 2 aromatic rings. The first-order chi connectivity index (χ1) is 18.0. The minimum absolute atomic E-state index is 0.911. The fraction of sp³-hybridized carbons (Fsp3) is 0.543. The van der Waals surface area contributed by atoms with Crippen molar-refractivity contribution in [3.05, 3.63) is 87.0 Å². The highest BCUT2D eigenvalue weighted by Crippen LogP contribution is 2.37. The molecule has 0 saturated heterocycles. The van der Waals surface area contributed by atoms with Crippen molar-refractivity contribution in [3.8, 4) is 0 Å². The zero-order chi connectivity index (χ0) is 26.6. The molecule has 1 heterocycles. The Morgan fingerprint density at radius 2 is 0.946 bits per heavy atom. The van der Waals surface area contributed by atoms with Crippen LogP contribution in [0.4, 0.5) is 0 Å². The molecular formula is C35H50N2. The molecule has 2 heteroatoms. The van der Waals surface area contributed by atoms with Crippen LogP contribution in [0.3, 0.4) is 0 Å². The third kappa shape index (κ3) is 8.25. The van der Waals surface area contributed by atoms with Gasteiger partial charge in [-0.3, -0.25) is 0 Å². The van der Waals surface area contributed by atoms with Gasteiger partial charge in [0.1, 0.15) is 0 Å². The molecule has 37 heavy (non-hydrogen) atoms. The third-order valence-corrected chi connectivity index (χ3v) is 7.62. The van der Waals surface area contributed by atoms with Gasteiger partial charge in [0.25, 0.3) is 0 Å². The number of allylic oxidation sites excluding steroid dienone is 2. The van der Waals surface area contributed by atoms with Crippen LogP contribution < -0.4 is 0 Å². The average Bonchev–Trinajstić information content (AvgIpc) is 3.20. The van der Waals surface area contributed by atoms with Gasteiger partial charge in [0.15, 0.2) is 0 Å². The van der Waals surface area contributed by atoms with E-state index in [0.29, 0.717) is 0 Å². The summed E-state index contributed by atoms with van der Waals surface area (Å²) in [7, 11) is 0. The fourth-order valence-electron chi connectivity index (χ4n) is 5.48. The molecule has 1 aliphatic rings. The maximum absolute atomic E-state index is 11.6. The average molecular weight is 499 g/mol. The molecule has 200 valence electrons. The van der Waals surface area contributed by atoms with Gasteiger partial charge < -0.3 is 5.53 Å². The standard InChI is InChI=1S/C35H50N2/c1-6-10-14-18-30-21-28(16-12-8-3)23-32(24-30)34-20-27(5)35(37(34)36)33-25-29(17-13-9-4)22-31(26-33)19-15-11-7-2/h20-26H,6-19H2,1-5H3. The van der Waals surface area contributed by atoms with E-state index in [9.17, 15) is 5.53 Å². The zero-order valence-corrected chi connectivity index (χ0v) is 24.3. The topological polar surface area (TPSA) is 25.3 Å². The van der Waals surface area contributed by atoms with E-state index in [1.54, 1.807) is 0 Å². The van der Waals surface area contributed by atoms with Gasteiger partial charge in [-0.2, -0.15) is 0 Å². The Morgan fingerprint density at radius 3 is 1.38 bits per heavy atom. The summed E-state index contributed by atoms with van der Waals surface area (Å²) >= 11 is 0. The number of hydrogen-bond donors (Lipinski definition) is 0. The summed E-state index contributed by atoms with van der Waals surface area (Å²) in [6.45, 7) is 11.2. The first-order valence-corrected chi connectivity index (χ1v) is 15.2. The molecule has 0 unspecified atom stereocenters. The fourth-order valence-corrected chi connectivity index (χ4v) is 5.48. The van der Waals surface area contributed by atoms with Gasteiger partial charge >= 0.3 is 0 Å². The van der Waals surface area contributed by atoms with Crippen molar-refractivity contribution in [2.24, 2.45) is 0 Å². The molecule has 0 aromatic heterocycles. The van der Waals surface area contributed by atoms with E-state index in [-0.39, 0.29) is 0 Å². The van der Waals surface area contributed by atoms with Crippen molar-refractivity contribution < 1.29 is 4.70 Å². The molecule has 1 aliphatic heterocycles. The molecule has 0 radical (unpaired) electrons. The van der Waals surface area contributed by atoms with Crippen LogP contribution in [-0.4, -0.2) is 4.70 Å². The largest absolute Gasteiger partial charge is 0.493 e. The molecule has 3 rings (SSSR count). The zero-order valence-electron chi connectivity index (χ0n) is 24.3. The highest BCUT2D eigenvalue weighted by atomic mass is 15.2. The van der Waals surface area contributed by atoms with Crippen molar-refractivity contribution in [2.45, 2.75) is 125 Å². The van der Waals surface area contributed by atoms with Crippen LogP contribution in [0.5, 0.6) is 0 Å². The lowest BCUT2D eigenvalue weighted by Gasteiger charge is -2.14. The van der Waals surface area contributed by atoms with Gasteiger partial charge in [-0.25, -0.2) is 4.70 Å². The van der Waals surface area contributed by atoms with Gasteiger partial charge in [-0.1, -0.05) is 78.4 Å². The first-order valence-electron chi connectivity index (χ1n) is 15.2. The molecular weight excluding hydrogens is 448 g/mol. The van der Waals surface area contributed by atoms with Crippen molar-refractivity contribution in [1.82, 2.24) is 0 Å². The number of nitrogens with zero attached hydrogens (tertiary/aromatic N) is 2. The van der Waals surface area contributed by atoms with Crippen LogP contribution in [0.1, 0.15) is 132 Å². The predicted octanol–water partition coefficient (Wildman–Crippen LogP) is 10.7. The maximum Gasteiger partial charge on any atom is 0.210 e. The first kappa shape index (κ1) is 29.1. The molecule has 0 atom stereocenters. The molecule has 2 nitrogen and oxygen atoms in total. The van der Waals surface area contributed by atoms with E-state index in [0.717, 1.165) is 53.8 Å². The summed E-state index contributed by atoms with van der Waals surface area (Å²) in [6.07, 6.45) is 18.9. The molecule has 0 N–H and O–H groups in total. The summed E-state index contributed by atoms with van der Waals surface area (Å²) in [5.41, 5.74) is 22.4. The number of benzene rings is 2. The Hall–Kier alpha value is -2.48. The van der Waals surface area contributed by atoms with Crippen LogP contribution in [0.25, 0.3) is 16.9 Å². The Morgan fingerprint density at radius 1 is 0.541 bits per heavy atom. The highest BCUT2D eigenvalue weighted by Gasteiger charge is 2.28. The Kier molecular flexibility index (Phi) is 11.8. The Balaban J connectivity index is 1.92. The second-order valence-electron chi connectivity index (χ2n) is 11.1. The van der Waals surface area contributed by atoms with Crippen molar-refractivity contribution in [1.29, 1.82) is 0 Å². The number of aryl methyl sites for hydroxylation is 4. The molecule has 0 bridgehead atoms. The second kappa shape index (κ2) is 15.1. The summed E-state index contributed by atoms with van der Waals surface area (Å²) in [4.78, 5) is 0. The van der Waals surface area contributed by atoms with Gasteiger partial charge in [0.05, 0.1) is 0 Å². The van der Waals surface area contributed by atoms with Crippen LogP contribution in [0.15, 0.2) is 48.0 Å². The quantitative estimate of drug-likeness (QED) is 0.162. The number of rotatable bonds is 16. The van der Waals surface area contributed by atoms with E-state index >= 15 is 0 Å². The summed E-state index contributed by atoms with van der Waals surface area (Å²) in [5, 5.41) is 0. The Labute approximate surface area is 227 Å². The van der Waals surface area contributed by atoms with Crippen LogP contribution in [0.2, 0.25) is 0 Å². The van der Waals surface area contributed by atoms with Gasteiger partial charge in [-0.15, -0.1) is 0 Å². The van der Waals surface area contributed by atoms with E-state index in [1.165, 1.54) is 91.2 Å². The van der Waals surface area contributed by atoms with Gasteiger partial charge in [0, 0.05) is 22.8 Å². The minimum atomic E-state index is 0.911. The van der Waals surface area contributed by atoms with Crippen molar-refractivity contribution in [3.63, 3.8) is 0 Å². The molecule has 0 spiro atoms. The van der Waals surface area contributed by atoms with Gasteiger partial charge in [0.2, 0.25) is 11.4 Å². The molecule has 0 aliphatic carbocycles. The van der Waals surface area contributed by atoms with Crippen LogP contribution >= 0.6 is 0 Å². The molecule has 2 aromatic carbocycles. The van der Waals surface area contributed by atoms with E-state index < -0.39 is 0 Å². The maximum atomic E-state index is 11.6. The monoisotopic (exact) mass is 498 g/mol. The van der Waals surface area contributed by atoms with Crippen LogP contribution in [-0.2, 0) is 25.7 Å². The second-order valence-corrected chi connectivity index (χ2v) is 11.1. The Bertz CT molecular complexity index is 1100. The van der Waals surface area contributed by atoms with Crippen molar-refractivity contribution in [2.75, 3.05) is 0 Å². The summed E-state index contributed by atoms with van der Waals surface area (Å²) in [5.74, 6) is 0. The molecule has 0 fully saturated rings. The lowest BCUT2D eigenvalue weighted by molar-refractivity contribution is -0.344. The lowest BCUT2D eigenvalue weighted by Crippen LogP contribution is -2.05. The van der Waals surface area contributed by atoms with E-state index in [2.05, 4.69) is 77.1 Å². The number of hydrogen-bond acceptors (Lipinski definition) is 0. The SMILES string of the molecule is CCCCCc1cc(CCCC)cc(C2=CC(C)=C(c3cc(CCCC)cc(CCCCC)c3)[N+]2=[N-])c1. The van der Waals surface area contributed by atoms with Crippen molar-refractivity contribution >= 4 is 11.4 Å².